The van der Waals surface area contributed by atoms with Gasteiger partial charge in [0, 0.05) is 36.2 Å². The van der Waals surface area contributed by atoms with E-state index in [0.717, 1.165) is 5.75 Å². The molecule has 8 heteroatoms. The Morgan fingerprint density at radius 1 is 1.07 bits per heavy atom. The zero-order valence-corrected chi connectivity index (χ0v) is 17.4. The number of piperazine rings is 1. The molecule has 2 aromatic carbocycles. The van der Waals surface area contributed by atoms with Crippen molar-refractivity contribution in [3.8, 4) is 5.75 Å². The van der Waals surface area contributed by atoms with E-state index in [4.69, 9.17) is 4.74 Å². The molecule has 2 aromatic rings. The molecule has 0 aliphatic carbocycles. The van der Waals surface area contributed by atoms with Crippen LogP contribution in [0.4, 0.5) is 0 Å². The van der Waals surface area contributed by atoms with Crippen LogP contribution >= 0.6 is 15.9 Å². The Bertz CT molecular complexity index is 908. The quantitative estimate of drug-likeness (QED) is 0.698. The van der Waals surface area contributed by atoms with Gasteiger partial charge < -0.3 is 9.64 Å². The minimum Gasteiger partial charge on any atom is -0.494 e. The lowest BCUT2D eigenvalue weighted by Crippen LogP contribution is -2.50. The molecule has 6 nitrogen and oxygen atoms in total. The van der Waals surface area contributed by atoms with Crippen LogP contribution in [0.5, 0.6) is 5.75 Å². The van der Waals surface area contributed by atoms with Gasteiger partial charge in [-0.1, -0.05) is 22.0 Å². The molecule has 0 radical (unpaired) electrons. The average molecular weight is 453 g/mol. The number of ether oxygens (including phenoxy) is 1. The van der Waals surface area contributed by atoms with E-state index in [0.29, 0.717) is 29.7 Å². The molecule has 1 heterocycles. The Hall–Kier alpha value is -1.90. The maximum atomic E-state index is 12.8. The van der Waals surface area contributed by atoms with Gasteiger partial charge in [0.25, 0.3) is 5.91 Å². The molecule has 0 atom stereocenters. The van der Waals surface area contributed by atoms with E-state index < -0.39 is 10.0 Å². The van der Waals surface area contributed by atoms with Gasteiger partial charge in [0.15, 0.2) is 0 Å². The van der Waals surface area contributed by atoms with Gasteiger partial charge in [0.1, 0.15) is 5.75 Å². The van der Waals surface area contributed by atoms with Gasteiger partial charge in [-0.05, 0) is 49.4 Å². The number of nitrogens with zero attached hydrogens (tertiary/aromatic N) is 2. The number of halogens is 1. The average Bonchev–Trinajstić information content (AvgIpc) is 2.68. The van der Waals surface area contributed by atoms with Crippen LogP contribution in [0.15, 0.2) is 57.9 Å². The molecule has 0 spiro atoms. The molecule has 27 heavy (non-hydrogen) atoms. The van der Waals surface area contributed by atoms with E-state index in [9.17, 15) is 13.2 Å². The maximum absolute atomic E-state index is 12.8. The van der Waals surface area contributed by atoms with Crippen LogP contribution in [0, 0.1) is 0 Å². The van der Waals surface area contributed by atoms with E-state index in [2.05, 4.69) is 15.9 Å². The molecule has 1 fully saturated rings. The number of rotatable bonds is 5. The van der Waals surface area contributed by atoms with Crippen LogP contribution in [0.1, 0.15) is 17.3 Å². The summed E-state index contributed by atoms with van der Waals surface area (Å²) in [6.07, 6.45) is 0. The van der Waals surface area contributed by atoms with E-state index >= 15 is 0 Å². The summed E-state index contributed by atoms with van der Waals surface area (Å²) in [4.78, 5) is 14.6. The van der Waals surface area contributed by atoms with Gasteiger partial charge in [0.2, 0.25) is 10.0 Å². The zero-order chi connectivity index (χ0) is 19.4. The molecule has 1 aliphatic heterocycles. The van der Waals surface area contributed by atoms with Crippen molar-refractivity contribution in [1.29, 1.82) is 0 Å². The van der Waals surface area contributed by atoms with Crippen molar-refractivity contribution in [2.45, 2.75) is 11.8 Å². The number of amides is 1. The summed E-state index contributed by atoms with van der Waals surface area (Å²) >= 11 is 3.30. The predicted molar refractivity (Wildman–Crippen MR) is 106 cm³/mol. The third-order valence-corrected chi connectivity index (χ3v) is 6.76. The number of hydrogen-bond acceptors (Lipinski definition) is 4. The van der Waals surface area contributed by atoms with Gasteiger partial charge in [-0.25, -0.2) is 8.42 Å². The van der Waals surface area contributed by atoms with Crippen LogP contribution in [-0.2, 0) is 10.0 Å². The second kappa shape index (κ2) is 8.41. The van der Waals surface area contributed by atoms with Crippen molar-refractivity contribution in [2.24, 2.45) is 0 Å². The maximum Gasteiger partial charge on any atom is 0.253 e. The number of carbonyl (C=O) groups is 1. The Balaban J connectivity index is 1.65. The van der Waals surface area contributed by atoms with Crippen molar-refractivity contribution in [1.82, 2.24) is 9.21 Å². The number of hydrogen-bond donors (Lipinski definition) is 0. The lowest BCUT2D eigenvalue weighted by molar-refractivity contribution is 0.0698. The summed E-state index contributed by atoms with van der Waals surface area (Å²) in [5, 5.41) is 0. The van der Waals surface area contributed by atoms with Crippen LogP contribution < -0.4 is 4.74 Å². The Kier molecular flexibility index (Phi) is 6.18. The molecule has 3 rings (SSSR count). The normalized spacial score (nSPS) is 15.6. The topological polar surface area (TPSA) is 66.9 Å². The van der Waals surface area contributed by atoms with Crippen LogP contribution in [0.25, 0.3) is 0 Å². The predicted octanol–water partition coefficient (Wildman–Crippen LogP) is 2.99. The Morgan fingerprint density at radius 2 is 1.74 bits per heavy atom. The van der Waals surface area contributed by atoms with E-state index in [1.54, 1.807) is 53.4 Å². The van der Waals surface area contributed by atoms with Gasteiger partial charge in [-0.2, -0.15) is 4.31 Å². The first kappa shape index (κ1) is 19.9. The SMILES string of the molecule is CCOc1ccc(C(=O)N2CCN(S(=O)(=O)c3cccc(Br)c3)CC2)cc1. The Morgan fingerprint density at radius 3 is 2.33 bits per heavy atom. The number of carbonyl (C=O) groups excluding carboxylic acids is 1. The molecular formula is C19H21BrN2O4S. The molecule has 0 N–H and O–H groups in total. The highest BCUT2D eigenvalue weighted by molar-refractivity contribution is 9.10. The molecule has 0 unspecified atom stereocenters. The summed E-state index contributed by atoms with van der Waals surface area (Å²) in [7, 11) is -3.56. The van der Waals surface area contributed by atoms with Gasteiger partial charge in [-0.3, -0.25) is 4.79 Å². The van der Waals surface area contributed by atoms with E-state index in [1.807, 2.05) is 6.92 Å². The minimum absolute atomic E-state index is 0.0995. The van der Waals surface area contributed by atoms with Crippen molar-refractivity contribution < 1.29 is 17.9 Å². The lowest BCUT2D eigenvalue weighted by Gasteiger charge is -2.34. The number of sulfonamides is 1. The molecule has 1 saturated heterocycles. The first-order chi connectivity index (χ1) is 12.9. The van der Waals surface area contributed by atoms with Crippen LogP contribution in [-0.4, -0.2) is 56.3 Å². The molecular weight excluding hydrogens is 432 g/mol. The molecule has 0 aromatic heterocycles. The summed E-state index contributed by atoms with van der Waals surface area (Å²) in [5.74, 6) is 0.622. The third kappa shape index (κ3) is 4.51. The second-order valence-electron chi connectivity index (χ2n) is 6.11. The summed E-state index contributed by atoms with van der Waals surface area (Å²) in [6, 6.07) is 13.7. The first-order valence-corrected chi connectivity index (χ1v) is 10.9. The molecule has 1 aliphatic rings. The fourth-order valence-electron chi connectivity index (χ4n) is 2.95. The fourth-order valence-corrected chi connectivity index (χ4v) is 4.97. The number of benzene rings is 2. The van der Waals surface area contributed by atoms with Crippen molar-refractivity contribution in [3.05, 3.63) is 58.6 Å². The standard InChI is InChI=1S/C19H21BrN2O4S/c1-2-26-17-8-6-15(7-9-17)19(23)21-10-12-22(13-11-21)27(24,25)18-5-3-4-16(20)14-18/h3-9,14H,2,10-13H2,1H3. The minimum atomic E-state index is -3.56. The Labute approximate surface area is 167 Å². The zero-order valence-electron chi connectivity index (χ0n) is 15.0. The largest absolute Gasteiger partial charge is 0.494 e. The smallest absolute Gasteiger partial charge is 0.253 e. The molecule has 144 valence electrons. The molecule has 1 amide bonds. The summed E-state index contributed by atoms with van der Waals surface area (Å²) in [5.41, 5.74) is 0.571. The van der Waals surface area contributed by atoms with E-state index in [1.165, 1.54) is 4.31 Å². The van der Waals surface area contributed by atoms with Crippen molar-refractivity contribution in [3.63, 3.8) is 0 Å². The lowest BCUT2D eigenvalue weighted by atomic mass is 10.2. The highest BCUT2D eigenvalue weighted by atomic mass is 79.9. The second-order valence-corrected chi connectivity index (χ2v) is 8.96. The van der Waals surface area contributed by atoms with Crippen molar-refractivity contribution >= 4 is 31.9 Å². The van der Waals surface area contributed by atoms with Crippen LogP contribution in [0.2, 0.25) is 0 Å². The highest BCUT2D eigenvalue weighted by Crippen LogP contribution is 2.22. The van der Waals surface area contributed by atoms with Crippen LogP contribution in [0.3, 0.4) is 0 Å². The van der Waals surface area contributed by atoms with Gasteiger partial charge in [0.05, 0.1) is 11.5 Å². The first-order valence-electron chi connectivity index (χ1n) is 8.69. The molecule has 0 bridgehead atoms. The monoisotopic (exact) mass is 452 g/mol. The fraction of sp³-hybridized carbons (Fsp3) is 0.316. The van der Waals surface area contributed by atoms with Crippen molar-refractivity contribution in [2.75, 3.05) is 32.8 Å². The van der Waals surface area contributed by atoms with Gasteiger partial charge >= 0.3 is 0 Å². The summed E-state index contributed by atoms with van der Waals surface area (Å²) < 4.78 is 33.1. The molecule has 0 saturated carbocycles. The third-order valence-electron chi connectivity index (χ3n) is 4.37. The summed E-state index contributed by atoms with van der Waals surface area (Å²) in [6.45, 7) is 3.75. The van der Waals surface area contributed by atoms with Gasteiger partial charge in [-0.15, -0.1) is 0 Å². The highest BCUT2D eigenvalue weighted by Gasteiger charge is 2.30. The van der Waals surface area contributed by atoms with E-state index in [-0.39, 0.29) is 23.9 Å².